The molecule has 0 aliphatic rings. The van der Waals surface area contributed by atoms with Crippen LogP contribution in [0.15, 0.2) is 30.5 Å². The Kier molecular flexibility index (Phi) is 8.18. The van der Waals surface area contributed by atoms with Gasteiger partial charge in [0.05, 0.1) is 12.9 Å². The first-order valence-corrected chi connectivity index (χ1v) is 9.54. The van der Waals surface area contributed by atoms with Gasteiger partial charge in [-0.15, -0.1) is 0 Å². The van der Waals surface area contributed by atoms with E-state index in [2.05, 4.69) is 0 Å². The lowest BCUT2D eigenvalue weighted by atomic mass is 10.1. The van der Waals surface area contributed by atoms with E-state index >= 15 is 0 Å². The molecule has 0 radical (unpaired) electrons. The summed E-state index contributed by atoms with van der Waals surface area (Å²) in [6, 6.07) is 7.07. The van der Waals surface area contributed by atoms with Gasteiger partial charge >= 0.3 is 5.97 Å². The first-order chi connectivity index (χ1) is 12.0. The molecule has 0 aliphatic heterocycles. The van der Waals surface area contributed by atoms with Gasteiger partial charge in [-0.2, -0.15) is 8.42 Å². The third kappa shape index (κ3) is 7.50. The van der Waals surface area contributed by atoms with Gasteiger partial charge in [0.2, 0.25) is 0 Å². The Labute approximate surface area is 151 Å². The molecule has 0 saturated heterocycles. The first kappa shape index (κ1) is 22.1. The number of nitrogens with two attached hydrogens (primary N) is 1. The van der Waals surface area contributed by atoms with Crippen LogP contribution in [0.4, 0.5) is 0 Å². The van der Waals surface area contributed by atoms with Crippen LogP contribution in [-0.2, 0) is 33.1 Å². The fourth-order valence-corrected chi connectivity index (χ4v) is 2.25. The predicted molar refractivity (Wildman–Crippen MR) is 96.1 cm³/mol. The van der Waals surface area contributed by atoms with Crippen LogP contribution < -0.4 is 5.73 Å². The SMILES string of the molecule is CS(=O)(=O)O.Cn1cc(CC(N)C(=O)OCC(O)CO)c2ccccc21. The van der Waals surface area contributed by atoms with Crippen molar-refractivity contribution in [3.63, 3.8) is 0 Å². The molecule has 9 nitrogen and oxygen atoms in total. The number of ether oxygens (including phenoxy) is 1. The normalized spacial score (nSPS) is 13.6. The van der Waals surface area contributed by atoms with Crippen LogP contribution in [0.25, 0.3) is 10.9 Å². The average molecular weight is 388 g/mol. The summed E-state index contributed by atoms with van der Waals surface area (Å²) >= 11 is 0. The van der Waals surface area contributed by atoms with Crippen LogP contribution >= 0.6 is 0 Å². The number of carbonyl (C=O) groups excluding carboxylic acids is 1. The van der Waals surface area contributed by atoms with Crippen molar-refractivity contribution in [3.05, 3.63) is 36.0 Å². The van der Waals surface area contributed by atoms with E-state index in [1.807, 2.05) is 42.1 Å². The number of hydrogen-bond acceptors (Lipinski definition) is 7. The second kappa shape index (κ2) is 9.64. The zero-order chi connectivity index (χ0) is 19.9. The Bertz CT molecular complexity index is 824. The lowest BCUT2D eigenvalue weighted by molar-refractivity contribution is -0.148. The molecular formula is C16H24N2O7S. The molecule has 5 N–H and O–H groups in total. The number of carbonyl (C=O) groups is 1. The molecule has 0 saturated carbocycles. The molecule has 0 aliphatic carbocycles. The van der Waals surface area contributed by atoms with E-state index in [-0.39, 0.29) is 6.61 Å². The van der Waals surface area contributed by atoms with Crippen LogP contribution in [0.3, 0.4) is 0 Å². The Morgan fingerprint density at radius 2 is 1.92 bits per heavy atom. The fraction of sp³-hybridized carbons (Fsp3) is 0.438. The van der Waals surface area contributed by atoms with Crippen LogP contribution in [0.5, 0.6) is 0 Å². The predicted octanol–water partition coefficient (Wildman–Crippen LogP) is -0.551. The number of esters is 1. The molecule has 0 spiro atoms. The Morgan fingerprint density at radius 1 is 1.35 bits per heavy atom. The highest BCUT2D eigenvalue weighted by molar-refractivity contribution is 7.85. The smallest absolute Gasteiger partial charge is 0.323 e. The van der Waals surface area contributed by atoms with Gasteiger partial charge < -0.3 is 25.3 Å². The van der Waals surface area contributed by atoms with Crippen LogP contribution in [0.2, 0.25) is 0 Å². The van der Waals surface area contributed by atoms with E-state index in [9.17, 15) is 13.2 Å². The van der Waals surface area contributed by atoms with Gasteiger partial charge in [0.25, 0.3) is 10.1 Å². The van der Waals surface area contributed by atoms with Gasteiger partial charge in [-0.3, -0.25) is 9.35 Å². The van der Waals surface area contributed by atoms with E-state index in [4.69, 9.17) is 25.2 Å². The third-order valence-electron chi connectivity index (χ3n) is 3.35. The van der Waals surface area contributed by atoms with Crippen molar-refractivity contribution in [1.82, 2.24) is 4.57 Å². The minimum absolute atomic E-state index is 0.251. The van der Waals surface area contributed by atoms with Crippen molar-refractivity contribution in [2.45, 2.75) is 18.6 Å². The van der Waals surface area contributed by atoms with Crippen LogP contribution in [-0.4, -0.2) is 65.3 Å². The maximum Gasteiger partial charge on any atom is 0.323 e. The van der Waals surface area contributed by atoms with E-state index in [1.165, 1.54) is 0 Å². The highest BCUT2D eigenvalue weighted by Crippen LogP contribution is 2.21. The number of aliphatic hydroxyl groups is 2. The molecule has 0 bridgehead atoms. The van der Waals surface area contributed by atoms with Gasteiger partial charge in [-0.25, -0.2) is 0 Å². The van der Waals surface area contributed by atoms with E-state index in [0.29, 0.717) is 12.7 Å². The van der Waals surface area contributed by atoms with Crippen molar-refractivity contribution in [3.8, 4) is 0 Å². The number of fused-ring (bicyclic) bond motifs is 1. The Balaban J connectivity index is 0.000000597. The molecule has 2 unspecified atom stereocenters. The van der Waals surface area contributed by atoms with E-state index in [0.717, 1.165) is 16.5 Å². The van der Waals surface area contributed by atoms with Crippen molar-refractivity contribution >= 4 is 27.0 Å². The fourth-order valence-electron chi connectivity index (χ4n) is 2.25. The molecule has 1 heterocycles. The number of para-hydroxylation sites is 1. The van der Waals surface area contributed by atoms with Gasteiger partial charge in [-0.1, -0.05) is 18.2 Å². The molecule has 0 amide bonds. The van der Waals surface area contributed by atoms with Gasteiger partial charge in [0.1, 0.15) is 18.8 Å². The molecule has 2 rings (SSSR count). The molecule has 2 aromatic rings. The molecule has 2 atom stereocenters. The minimum Gasteiger partial charge on any atom is -0.462 e. The summed E-state index contributed by atoms with van der Waals surface area (Å²) in [5.41, 5.74) is 7.89. The lowest BCUT2D eigenvalue weighted by Crippen LogP contribution is -2.36. The zero-order valence-electron chi connectivity index (χ0n) is 14.6. The summed E-state index contributed by atoms with van der Waals surface area (Å²) in [6.45, 7) is -0.704. The standard InChI is InChI=1S/C15H20N2O4.CH4O3S/c1-17-7-10(12-4-2-3-5-14(12)17)6-13(16)15(20)21-9-11(19)8-18;1-5(2,3)4/h2-5,7,11,13,18-19H,6,8-9,16H2,1H3;1H3,(H,2,3,4). The summed E-state index contributed by atoms with van der Waals surface area (Å²) in [4.78, 5) is 11.8. The quantitative estimate of drug-likeness (QED) is 0.380. The van der Waals surface area contributed by atoms with Crippen LogP contribution in [0.1, 0.15) is 5.56 Å². The summed E-state index contributed by atoms with van der Waals surface area (Å²) < 4.78 is 32.7. The maximum absolute atomic E-state index is 11.8. The number of hydrogen-bond donors (Lipinski definition) is 4. The molecule has 26 heavy (non-hydrogen) atoms. The topological polar surface area (TPSA) is 152 Å². The van der Waals surface area contributed by atoms with Crippen molar-refractivity contribution in [2.24, 2.45) is 12.8 Å². The number of benzene rings is 1. The lowest BCUT2D eigenvalue weighted by Gasteiger charge is -2.13. The first-order valence-electron chi connectivity index (χ1n) is 7.69. The van der Waals surface area contributed by atoms with Crippen molar-refractivity contribution in [1.29, 1.82) is 0 Å². The summed E-state index contributed by atoms with van der Waals surface area (Å²) in [7, 11) is -1.73. The number of aryl methyl sites for hydroxylation is 1. The van der Waals surface area contributed by atoms with Crippen LogP contribution in [0, 0.1) is 0 Å². The molecule has 10 heteroatoms. The number of rotatable bonds is 6. The molecular weight excluding hydrogens is 364 g/mol. The second-order valence-electron chi connectivity index (χ2n) is 5.79. The average Bonchev–Trinajstić information content (AvgIpc) is 2.87. The highest BCUT2D eigenvalue weighted by Gasteiger charge is 2.19. The summed E-state index contributed by atoms with van der Waals surface area (Å²) in [6.07, 6.45) is 1.95. The number of aliphatic hydroxyl groups excluding tert-OH is 2. The number of aromatic nitrogens is 1. The van der Waals surface area contributed by atoms with E-state index < -0.39 is 34.8 Å². The minimum atomic E-state index is -3.67. The maximum atomic E-state index is 11.8. The molecule has 1 aromatic heterocycles. The Hall–Kier alpha value is -1.98. The van der Waals surface area contributed by atoms with Gasteiger partial charge in [0, 0.05) is 30.6 Å². The van der Waals surface area contributed by atoms with Gasteiger partial charge in [-0.05, 0) is 11.6 Å². The second-order valence-corrected chi connectivity index (χ2v) is 7.26. The summed E-state index contributed by atoms with van der Waals surface area (Å²) in [5, 5.41) is 18.9. The Morgan fingerprint density at radius 3 is 2.50 bits per heavy atom. The zero-order valence-corrected chi connectivity index (χ0v) is 15.4. The largest absolute Gasteiger partial charge is 0.462 e. The number of nitrogens with zero attached hydrogens (tertiary/aromatic N) is 1. The van der Waals surface area contributed by atoms with Crippen molar-refractivity contribution in [2.75, 3.05) is 19.5 Å². The molecule has 1 aromatic carbocycles. The monoisotopic (exact) mass is 388 g/mol. The third-order valence-corrected chi connectivity index (χ3v) is 3.35. The van der Waals surface area contributed by atoms with Gasteiger partial charge in [0.15, 0.2) is 0 Å². The van der Waals surface area contributed by atoms with E-state index in [1.54, 1.807) is 0 Å². The molecule has 146 valence electrons. The van der Waals surface area contributed by atoms with Crippen molar-refractivity contribution < 1.29 is 32.7 Å². The highest BCUT2D eigenvalue weighted by atomic mass is 32.2. The summed E-state index contributed by atoms with van der Waals surface area (Å²) in [5.74, 6) is -0.588. The molecule has 0 fully saturated rings.